The monoisotopic (exact) mass is 448 g/mol. The summed E-state index contributed by atoms with van der Waals surface area (Å²) in [6, 6.07) is 16.8. The first-order valence-electron chi connectivity index (χ1n) is 11.9. The molecule has 1 amide bonds. The summed E-state index contributed by atoms with van der Waals surface area (Å²) in [5.41, 5.74) is 1.85. The van der Waals surface area contributed by atoms with E-state index < -0.39 is 0 Å². The molecular formula is C27H32N2O4. The summed E-state index contributed by atoms with van der Waals surface area (Å²) in [4.78, 5) is 24.9. The van der Waals surface area contributed by atoms with Crippen LogP contribution in [-0.2, 0) is 20.9 Å². The number of amides is 1. The number of benzene rings is 2. The van der Waals surface area contributed by atoms with Crippen molar-refractivity contribution in [1.29, 1.82) is 0 Å². The highest BCUT2D eigenvalue weighted by molar-refractivity contribution is 5.97. The second-order valence-corrected chi connectivity index (χ2v) is 9.12. The molecule has 0 aromatic heterocycles. The molecule has 174 valence electrons. The van der Waals surface area contributed by atoms with Crippen LogP contribution in [0.3, 0.4) is 0 Å². The van der Waals surface area contributed by atoms with Crippen LogP contribution in [0.25, 0.3) is 0 Å². The molecule has 6 heteroatoms. The molecule has 1 fully saturated rings. The van der Waals surface area contributed by atoms with Crippen molar-refractivity contribution in [2.24, 2.45) is 10.5 Å². The number of ether oxygens (including phenoxy) is 2. The highest BCUT2D eigenvalue weighted by Gasteiger charge is 2.36. The first-order valence-corrected chi connectivity index (χ1v) is 11.9. The minimum Gasteiger partial charge on any atom is -0.466 e. The fraction of sp³-hybridized carbons (Fsp3) is 0.444. The molecule has 2 aromatic rings. The third-order valence-electron chi connectivity index (χ3n) is 6.58. The highest BCUT2D eigenvalue weighted by atomic mass is 16.5. The Hall–Kier alpha value is -3.15. The molecule has 0 unspecified atom stereocenters. The highest BCUT2D eigenvalue weighted by Crippen LogP contribution is 2.45. The summed E-state index contributed by atoms with van der Waals surface area (Å²) in [7, 11) is 0. The summed E-state index contributed by atoms with van der Waals surface area (Å²) in [5.74, 6) is 0.624. The molecule has 1 aliphatic carbocycles. The summed E-state index contributed by atoms with van der Waals surface area (Å²) in [5, 5.41) is 5.80. The fourth-order valence-electron chi connectivity index (χ4n) is 4.75. The fourth-order valence-corrected chi connectivity index (χ4v) is 4.75. The standard InChI is InChI=1S/C27H32N2O4/c1-2-3-15-27(16-7-8-17-27)18-25(31)33-23-13-11-21(12-14-23)19-29-24(30)20-32-26(28-29)22-9-5-4-6-10-22/h4-6,9-14H,2-3,7-8,15-20H2,1H3. The van der Waals surface area contributed by atoms with Gasteiger partial charge in [0.25, 0.3) is 5.91 Å². The number of hydrazone groups is 1. The zero-order valence-corrected chi connectivity index (χ0v) is 19.3. The molecule has 2 aliphatic rings. The van der Waals surface area contributed by atoms with Crippen molar-refractivity contribution >= 4 is 17.8 Å². The van der Waals surface area contributed by atoms with E-state index in [-0.39, 0.29) is 23.9 Å². The Labute approximate surface area is 195 Å². The molecule has 6 nitrogen and oxygen atoms in total. The normalized spacial score (nSPS) is 17.4. The van der Waals surface area contributed by atoms with Gasteiger partial charge in [-0.3, -0.25) is 9.59 Å². The number of carbonyl (C=O) groups excluding carboxylic acids is 2. The van der Waals surface area contributed by atoms with Gasteiger partial charge in [-0.05, 0) is 54.5 Å². The van der Waals surface area contributed by atoms with E-state index in [9.17, 15) is 9.59 Å². The topological polar surface area (TPSA) is 68.2 Å². The number of rotatable bonds is 9. The van der Waals surface area contributed by atoms with E-state index in [0.717, 1.165) is 43.2 Å². The smallest absolute Gasteiger partial charge is 0.311 e. The molecule has 0 bridgehead atoms. The Morgan fingerprint density at radius 1 is 1.09 bits per heavy atom. The lowest BCUT2D eigenvalue weighted by Crippen LogP contribution is -2.36. The summed E-state index contributed by atoms with van der Waals surface area (Å²) >= 11 is 0. The number of hydrogen-bond donors (Lipinski definition) is 0. The van der Waals surface area contributed by atoms with Crippen molar-refractivity contribution in [3.05, 3.63) is 65.7 Å². The zero-order chi connectivity index (χ0) is 23.1. The van der Waals surface area contributed by atoms with Gasteiger partial charge in [-0.25, -0.2) is 5.01 Å². The lowest BCUT2D eigenvalue weighted by atomic mass is 9.78. The van der Waals surface area contributed by atoms with Crippen molar-refractivity contribution < 1.29 is 19.1 Å². The van der Waals surface area contributed by atoms with Crippen LogP contribution < -0.4 is 4.74 Å². The van der Waals surface area contributed by atoms with Crippen molar-refractivity contribution in [3.8, 4) is 5.75 Å². The number of nitrogens with zero attached hydrogens (tertiary/aromatic N) is 2. The lowest BCUT2D eigenvalue weighted by molar-refractivity contribution is -0.137. The summed E-state index contributed by atoms with van der Waals surface area (Å²) in [6.45, 7) is 2.48. The van der Waals surface area contributed by atoms with Crippen LogP contribution in [0.2, 0.25) is 0 Å². The average molecular weight is 449 g/mol. The van der Waals surface area contributed by atoms with Crippen molar-refractivity contribution in [2.75, 3.05) is 6.61 Å². The van der Waals surface area contributed by atoms with E-state index in [1.807, 2.05) is 42.5 Å². The Balaban J connectivity index is 1.36. The van der Waals surface area contributed by atoms with Gasteiger partial charge in [-0.15, -0.1) is 5.10 Å². The molecule has 0 atom stereocenters. The summed E-state index contributed by atoms with van der Waals surface area (Å²) < 4.78 is 11.2. The van der Waals surface area contributed by atoms with Crippen molar-refractivity contribution in [1.82, 2.24) is 5.01 Å². The zero-order valence-electron chi connectivity index (χ0n) is 19.3. The van der Waals surface area contributed by atoms with Crippen LogP contribution in [0, 0.1) is 5.41 Å². The molecule has 1 aliphatic heterocycles. The molecule has 1 saturated carbocycles. The van der Waals surface area contributed by atoms with Gasteiger partial charge >= 0.3 is 5.97 Å². The van der Waals surface area contributed by atoms with Gasteiger partial charge in [0, 0.05) is 5.56 Å². The van der Waals surface area contributed by atoms with Gasteiger partial charge in [0.05, 0.1) is 13.0 Å². The average Bonchev–Trinajstić information content (AvgIpc) is 3.29. The second-order valence-electron chi connectivity index (χ2n) is 9.12. The van der Waals surface area contributed by atoms with Gasteiger partial charge < -0.3 is 9.47 Å². The van der Waals surface area contributed by atoms with Gasteiger partial charge in [0.2, 0.25) is 5.90 Å². The number of carbonyl (C=O) groups is 2. The lowest BCUT2D eigenvalue weighted by Gasteiger charge is -2.27. The van der Waals surface area contributed by atoms with Crippen molar-refractivity contribution in [2.45, 2.75) is 64.8 Å². The predicted octanol–water partition coefficient (Wildman–Crippen LogP) is 5.45. The minimum atomic E-state index is -0.195. The molecule has 33 heavy (non-hydrogen) atoms. The third kappa shape index (κ3) is 6.01. The number of unbranched alkanes of at least 4 members (excludes halogenated alkanes) is 1. The van der Waals surface area contributed by atoms with Crippen LogP contribution in [0.4, 0.5) is 0 Å². The maximum absolute atomic E-state index is 12.6. The number of esters is 1. The van der Waals surface area contributed by atoms with E-state index >= 15 is 0 Å². The van der Waals surface area contributed by atoms with Crippen LogP contribution in [0.5, 0.6) is 5.75 Å². The van der Waals surface area contributed by atoms with Crippen LogP contribution in [-0.4, -0.2) is 29.4 Å². The molecular weight excluding hydrogens is 416 g/mol. The van der Waals surface area contributed by atoms with E-state index in [1.165, 1.54) is 17.9 Å². The van der Waals surface area contributed by atoms with Crippen LogP contribution in [0.1, 0.15) is 69.4 Å². The van der Waals surface area contributed by atoms with Gasteiger partial charge in [-0.2, -0.15) is 0 Å². The first kappa shape index (κ1) is 23.0. The largest absolute Gasteiger partial charge is 0.466 e. The first-order chi connectivity index (χ1) is 16.1. The molecule has 1 heterocycles. The molecule has 0 spiro atoms. The number of hydrogen-bond acceptors (Lipinski definition) is 5. The second kappa shape index (κ2) is 10.6. The quantitative estimate of drug-likeness (QED) is 0.378. The van der Waals surface area contributed by atoms with E-state index in [1.54, 1.807) is 12.1 Å². The summed E-state index contributed by atoms with van der Waals surface area (Å²) in [6.07, 6.45) is 8.59. The molecule has 0 N–H and O–H groups in total. The molecule has 0 radical (unpaired) electrons. The maximum Gasteiger partial charge on any atom is 0.311 e. The molecule has 2 aromatic carbocycles. The minimum absolute atomic E-state index is 0.0385. The Morgan fingerprint density at radius 3 is 2.52 bits per heavy atom. The third-order valence-corrected chi connectivity index (χ3v) is 6.58. The predicted molar refractivity (Wildman–Crippen MR) is 127 cm³/mol. The Morgan fingerprint density at radius 2 is 1.82 bits per heavy atom. The van der Waals surface area contributed by atoms with Crippen molar-refractivity contribution in [3.63, 3.8) is 0 Å². The van der Waals surface area contributed by atoms with E-state index in [4.69, 9.17) is 9.47 Å². The SMILES string of the molecule is CCCCC1(CC(=O)Oc2ccc(CN3N=C(c4ccccc4)OCC3=O)cc2)CCCC1. The van der Waals surface area contributed by atoms with Gasteiger partial charge in [0.1, 0.15) is 5.75 Å². The maximum atomic E-state index is 12.6. The van der Waals surface area contributed by atoms with Crippen LogP contribution >= 0.6 is 0 Å². The van der Waals surface area contributed by atoms with Gasteiger partial charge in [-0.1, -0.05) is 62.9 Å². The molecule has 0 saturated heterocycles. The van der Waals surface area contributed by atoms with Crippen LogP contribution in [0.15, 0.2) is 59.7 Å². The van der Waals surface area contributed by atoms with Gasteiger partial charge in [0.15, 0.2) is 6.61 Å². The van der Waals surface area contributed by atoms with E-state index in [2.05, 4.69) is 12.0 Å². The Kier molecular flexibility index (Phi) is 7.43. The molecule has 4 rings (SSSR count). The Bertz CT molecular complexity index is 979. The van der Waals surface area contributed by atoms with E-state index in [0.29, 0.717) is 24.6 Å².